The first kappa shape index (κ1) is 15.3. The second-order valence-corrected chi connectivity index (χ2v) is 4.52. The van der Waals surface area contributed by atoms with E-state index in [2.05, 4.69) is 0 Å². The quantitative estimate of drug-likeness (QED) is 0.514. The number of benzene rings is 3. The van der Waals surface area contributed by atoms with Crippen LogP contribution in [0.2, 0.25) is 0 Å². The molecule has 0 aliphatic rings. The fourth-order valence-electron chi connectivity index (χ4n) is 1.87. The molecule has 0 heterocycles. The molecule has 4 N–H and O–H groups in total. The third-order valence-corrected chi connectivity index (χ3v) is 2.98. The van der Waals surface area contributed by atoms with Crippen LogP contribution >= 0.6 is 0 Å². The molecule has 0 radical (unpaired) electrons. The van der Waals surface area contributed by atoms with Gasteiger partial charge in [-0.05, 0) is 24.3 Å². The minimum absolute atomic E-state index is 0.0764. The summed E-state index contributed by atoms with van der Waals surface area (Å²) in [6.07, 6.45) is 0. The molecular weight excluding hydrogens is 280 g/mol. The van der Waals surface area contributed by atoms with Crippen molar-refractivity contribution in [1.29, 1.82) is 0 Å². The molecule has 0 amide bonds. The Kier molecular flexibility index (Phi) is 4.88. The first-order chi connectivity index (χ1) is 10.6. The number of aromatic hydroxyl groups is 4. The van der Waals surface area contributed by atoms with E-state index in [1.165, 1.54) is 12.1 Å². The van der Waals surface area contributed by atoms with E-state index in [9.17, 15) is 10.2 Å². The molecule has 4 nitrogen and oxygen atoms in total. The Morgan fingerprint density at radius 2 is 0.636 bits per heavy atom. The number of phenols is 4. The Balaban J connectivity index is 0.000000188. The summed E-state index contributed by atoms with van der Waals surface area (Å²) in [5.41, 5.74) is 1.29. The lowest BCUT2D eigenvalue weighted by Gasteiger charge is -2.05. The Morgan fingerprint density at radius 3 is 0.909 bits per heavy atom. The summed E-state index contributed by atoms with van der Waals surface area (Å²) in [5.74, 6) is 0.197. The number of rotatable bonds is 1. The van der Waals surface area contributed by atoms with Crippen molar-refractivity contribution in [3.8, 4) is 34.1 Å². The van der Waals surface area contributed by atoms with E-state index in [-0.39, 0.29) is 23.0 Å². The fraction of sp³-hybridized carbons (Fsp3) is 0. The van der Waals surface area contributed by atoms with E-state index >= 15 is 0 Å². The summed E-state index contributed by atoms with van der Waals surface area (Å²) in [6, 6.07) is 20.0. The molecule has 0 fully saturated rings. The summed E-state index contributed by atoms with van der Waals surface area (Å²) in [7, 11) is 0. The highest BCUT2D eigenvalue weighted by atomic mass is 16.3. The van der Waals surface area contributed by atoms with Crippen LogP contribution in [0.1, 0.15) is 0 Å². The van der Waals surface area contributed by atoms with E-state index in [1.54, 1.807) is 48.5 Å². The second-order valence-electron chi connectivity index (χ2n) is 4.52. The minimum atomic E-state index is -0.0764. The van der Waals surface area contributed by atoms with Crippen LogP contribution in [-0.2, 0) is 0 Å². The lowest BCUT2D eigenvalue weighted by molar-refractivity contribution is 0.404. The van der Waals surface area contributed by atoms with Crippen LogP contribution in [0.5, 0.6) is 23.0 Å². The summed E-state index contributed by atoms with van der Waals surface area (Å²) < 4.78 is 0. The normalized spacial score (nSPS) is 9.64. The molecule has 0 aliphatic carbocycles. The largest absolute Gasteiger partial charge is 0.507 e. The predicted octanol–water partition coefficient (Wildman–Crippen LogP) is 3.86. The maximum absolute atomic E-state index is 9.58. The van der Waals surface area contributed by atoms with E-state index in [4.69, 9.17) is 10.2 Å². The molecule has 3 rings (SSSR count). The molecule has 3 aromatic carbocycles. The van der Waals surface area contributed by atoms with Gasteiger partial charge in [-0.3, -0.25) is 0 Å². The van der Waals surface area contributed by atoms with Gasteiger partial charge in [-0.2, -0.15) is 0 Å². The molecule has 4 heteroatoms. The van der Waals surface area contributed by atoms with Gasteiger partial charge < -0.3 is 20.4 Å². The summed E-state index contributed by atoms with van der Waals surface area (Å²) >= 11 is 0. The van der Waals surface area contributed by atoms with Crippen molar-refractivity contribution in [2.24, 2.45) is 0 Å². The fourth-order valence-corrected chi connectivity index (χ4v) is 1.87. The molecule has 22 heavy (non-hydrogen) atoms. The van der Waals surface area contributed by atoms with Gasteiger partial charge in [0.05, 0.1) is 0 Å². The summed E-state index contributed by atoms with van der Waals surface area (Å²) in [6.45, 7) is 0. The average molecular weight is 296 g/mol. The molecule has 0 saturated carbocycles. The maximum atomic E-state index is 9.58. The van der Waals surface area contributed by atoms with Gasteiger partial charge in [-0.25, -0.2) is 0 Å². The Bertz CT molecular complexity index is 689. The molecule has 0 spiro atoms. The van der Waals surface area contributed by atoms with Gasteiger partial charge in [0.2, 0.25) is 0 Å². The van der Waals surface area contributed by atoms with E-state index < -0.39 is 0 Å². The molecule has 0 bridgehead atoms. The molecule has 0 unspecified atom stereocenters. The number of phenolic OH excluding ortho intramolecular Hbond substituents is 4. The van der Waals surface area contributed by atoms with Gasteiger partial charge in [0.25, 0.3) is 0 Å². The van der Waals surface area contributed by atoms with Crippen LogP contribution < -0.4 is 0 Å². The number of para-hydroxylation sites is 4. The lowest BCUT2D eigenvalue weighted by atomic mass is 10.0. The van der Waals surface area contributed by atoms with Crippen molar-refractivity contribution in [2.45, 2.75) is 0 Å². The highest BCUT2D eigenvalue weighted by Gasteiger charge is 2.06. The first-order valence-corrected chi connectivity index (χ1v) is 6.63. The van der Waals surface area contributed by atoms with Crippen LogP contribution in [0.25, 0.3) is 11.1 Å². The van der Waals surface area contributed by atoms with Gasteiger partial charge in [0.15, 0.2) is 11.5 Å². The lowest BCUT2D eigenvalue weighted by Crippen LogP contribution is -1.79. The van der Waals surface area contributed by atoms with Crippen molar-refractivity contribution >= 4 is 0 Å². The smallest absolute Gasteiger partial charge is 0.157 e. The van der Waals surface area contributed by atoms with Crippen molar-refractivity contribution in [3.63, 3.8) is 0 Å². The molecule has 3 aromatic rings. The SMILES string of the molecule is Oc1ccccc1-c1ccccc1O.Oc1ccccc1O. The Morgan fingerprint density at radius 1 is 0.364 bits per heavy atom. The van der Waals surface area contributed by atoms with Crippen molar-refractivity contribution in [2.75, 3.05) is 0 Å². The molecular formula is C18H16O4. The Hall–Kier alpha value is -3.14. The zero-order chi connectivity index (χ0) is 15.9. The monoisotopic (exact) mass is 296 g/mol. The second kappa shape index (κ2) is 7.04. The van der Waals surface area contributed by atoms with Crippen LogP contribution in [0.4, 0.5) is 0 Å². The molecule has 0 aliphatic heterocycles. The summed E-state index contributed by atoms with van der Waals surface area (Å²) in [4.78, 5) is 0. The number of hydrogen-bond donors (Lipinski definition) is 4. The summed E-state index contributed by atoms with van der Waals surface area (Å²) in [5, 5.41) is 36.5. The van der Waals surface area contributed by atoms with Gasteiger partial charge in [0, 0.05) is 11.1 Å². The third-order valence-electron chi connectivity index (χ3n) is 2.98. The molecule has 0 saturated heterocycles. The average Bonchev–Trinajstić information content (AvgIpc) is 2.52. The van der Waals surface area contributed by atoms with Gasteiger partial charge in [-0.1, -0.05) is 48.5 Å². The first-order valence-electron chi connectivity index (χ1n) is 6.63. The van der Waals surface area contributed by atoms with Gasteiger partial charge in [0.1, 0.15) is 11.5 Å². The predicted molar refractivity (Wildman–Crippen MR) is 85.0 cm³/mol. The molecule has 112 valence electrons. The third kappa shape index (κ3) is 3.70. The van der Waals surface area contributed by atoms with Crippen LogP contribution in [0.3, 0.4) is 0 Å². The topological polar surface area (TPSA) is 80.9 Å². The zero-order valence-corrected chi connectivity index (χ0v) is 11.7. The van der Waals surface area contributed by atoms with Crippen molar-refractivity contribution in [1.82, 2.24) is 0 Å². The van der Waals surface area contributed by atoms with Crippen LogP contribution in [0, 0.1) is 0 Å². The van der Waals surface area contributed by atoms with Gasteiger partial charge >= 0.3 is 0 Å². The standard InChI is InChI=1S/C12H10O2.C6H6O2/c13-11-7-3-1-5-9(11)10-6-2-4-8-12(10)14;7-5-3-1-2-4-6(5)8/h1-8,13-14H;1-4,7-8H. The van der Waals surface area contributed by atoms with Crippen LogP contribution in [0.15, 0.2) is 72.8 Å². The van der Waals surface area contributed by atoms with E-state index in [1.807, 2.05) is 12.1 Å². The highest BCUT2D eigenvalue weighted by Crippen LogP contribution is 2.34. The van der Waals surface area contributed by atoms with Crippen molar-refractivity contribution in [3.05, 3.63) is 72.8 Å². The number of hydrogen-bond acceptors (Lipinski definition) is 4. The van der Waals surface area contributed by atoms with E-state index in [0.29, 0.717) is 11.1 Å². The highest BCUT2D eigenvalue weighted by molar-refractivity contribution is 5.74. The molecule has 0 atom stereocenters. The zero-order valence-electron chi connectivity index (χ0n) is 11.7. The maximum Gasteiger partial charge on any atom is 0.157 e. The minimum Gasteiger partial charge on any atom is -0.507 e. The van der Waals surface area contributed by atoms with E-state index in [0.717, 1.165) is 0 Å². The van der Waals surface area contributed by atoms with Gasteiger partial charge in [-0.15, -0.1) is 0 Å². The molecule has 0 aromatic heterocycles. The van der Waals surface area contributed by atoms with Crippen LogP contribution in [-0.4, -0.2) is 20.4 Å². The van der Waals surface area contributed by atoms with Crippen molar-refractivity contribution < 1.29 is 20.4 Å². The Labute approximate surface area is 128 Å².